The van der Waals surface area contributed by atoms with Crippen molar-refractivity contribution in [2.45, 2.75) is 11.8 Å². The molecule has 0 amide bonds. The van der Waals surface area contributed by atoms with Crippen LogP contribution in [0, 0.1) is 0 Å². The minimum Gasteiger partial charge on any atom is -0.462 e. The largest absolute Gasteiger partial charge is 0.462 e. The maximum atomic E-state index is 11.6. The molecule has 0 spiro atoms. The van der Waals surface area contributed by atoms with Crippen molar-refractivity contribution in [1.29, 1.82) is 0 Å². The predicted molar refractivity (Wildman–Crippen MR) is 65.7 cm³/mol. The quantitative estimate of drug-likeness (QED) is 0.622. The Balaban J connectivity index is 3.42. The van der Waals surface area contributed by atoms with E-state index in [0.29, 0.717) is 0 Å². The van der Waals surface area contributed by atoms with Gasteiger partial charge >= 0.3 is 5.97 Å². The van der Waals surface area contributed by atoms with Crippen molar-refractivity contribution in [3.63, 3.8) is 0 Å². The molecular formula is C11H11ClO5S. The highest BCUT2D eigenvalue weighted by Crippen LogP contribution is 2.19. The van der Waals surface area contributed by atoms with Gasteiger partial charge in [0.1, 0.15) is 0 Å². The Hall–Kier alpha value is -1.40. The first-order valence-corrected chi connectivity index (χ1v) is 7.25. The third kappa shape index (κ3) is 3.30. The molecule has 1 aromatic carbocycles. The van der Waals surface area contributed by atoms with E-state index in [0.717, 1.165) is 12.3 Å². The van der Waals surface area contributed by atoms with Crippen molar-refractivity contribution in [3.8, 4) is 0 Å². The standard InChI is InChI=1S/C11H11ClO5S/c1-3-17-11(14)9-6-7(18(2,15)16)4-5-8(9)10(12)13/h4-6H,3H2,1-2H3. The summed E-state index contributed by atoms with van der Waals surface area (Å²) in [5.74, 6) is -0.785. The second-order valence-corrected chi connectivity index (χ2v) is 5.83. The van der Waals surface area contributed by atoms with Gasteiger partial charge in [0.2, 0.25) is 0 Å². The zero-order valence-electron chi connectivity index (χ0n) is 9.77. The third-order valence-corrected chi connectivity index (χ3v) is 3.44. The van der Waals surface area contributed by atoms with E-state index in [1.807, 2.05) is 0 Å². The summed E-state index contributed by atoms with van der Waals surface area (Å²) in [5.41, 5.74) is -0.234. The lowest BCUT2D eigenvalue weighted by Gasteiger charge is -2.07. The van der Waals surface area contributed by atoms with Gasteiger partial charge in [-0.3, -0.25) is 4.79 Å². The molecule has 0 heterocycles. The van der Waals surface area contributed by atoms with Crippen LogP contribution >= 0.6 is 11.6 Å². The van der Waals surface area contributed by atoms with Crippen LogP contribution in [0.1, 0.15) is 27.6 Å². The number of hydrogen-bond acceptors (Lipinski definition) is 5. The van der Waals surface area contributed by atoms with E-state index in [4.69, 9.17) is 16.3 Å². The Bertz CT molecular complexity index is 591. The van der Waals surface area contributed by atoms with E-state index in [2.05, 4.69) is 0 Å². The van der Waals surface area contributed by atoms with E-state index >= 15 is 0 Å². The molecule has 1 aromatic rings. The fraction of sp³-hybridized carbons (Fsp3) is 0.273. The topological polar surface area (TPSA) is 77.5 Å². The minimum absolute atomic E-state index is 0.0766. The van der Waals surface area contributed by atoms with Gasteiger partial charge in [0.05, 0.1) is 17.1 Å². The first-order valence-electron chi connectivity index (χ1n) is 4.98. The molecular weight excluding hydrogens is 280 g/mol. The summed E-state index contributed by atoms with van der Waals surface area (Å²) in [7, 11) is -3.48. The van der Waals surface area contributed by atoms with Crippen LogP contribution in [0.15, 0.2) is 23.1 Å². The lowest BCUT2D eigenvalue weighted by Crippen LogP contribution is -2.11. The fourth-order valence-electron chi connectivity index (χ4n) is 1.30. The maximum absolute atomic E-state index is 11.6. The second-order valence-electron chi connectivity index (χ2n) is 3.47. The Morgan fingerprint density at radius 3 is 2.33 bits per heavy atom. The molecule has 0 aliphatic rings. The fourth-order valence-corrected chi connectivity index (χ4v) is 2.12. The molecule has 18 heavy (non-hydrogen) atoms. The molecule has 0 saturated carbocycles. The second kappa shape index (κ2) is 5.49. The number of ether oxygens (including phenoxy) is 1. The monoisotopic (exact) mass is 290 g/mol. The van der Waals surface area contributed by atoms with Crippen molar-refractivity contribution in [2.24, 2.45) is 0 Å². The molecule has 0 fully saturated rings. The number of carbonyl (C=O) groups is 2. The summed E-state index contributed by atoms with van der Waals surface area (Å²) in [5, 5.41) is -0.849. The van der Waals surface area contributed by atoms with E-state index in [-0.39, 0.29) is 22.6 Å². The summed E-state index contributed by atoms with van der Waals surface area (Å²) < 4.78 is 27.5. The highest BCUT2D eigenvalue weighted by Gasteiger charge is 2.20. The summed E-state index contributed by atoms with van der Waals surface area (Å²) in [4.78, 5) is 22.7. The van der Waals surface area contributed by atoms with Gasteiger partial charge in [-0.05, 0) is 36.7 Å². The molecule has 98 valence electrons. The van der Waals surface area contributed by atoms with Crippen LogP contribution in [0.4, 0.5) is 0 Å². The average Bonchev–Trinajstić information content (AvgIpc) is 2.27. The molecule has 0 aromatic heterocycles. The smallest absolute Gasteiger partial charge is 0.338 e. The molecule has 0 unspecified atom stereocenters. The molecule has 1 rings (SSSR count). The van der Waals surface area contributed by atoms with Gasteiger partial charge in [-0.25, -0.2) is 13.2 Å². The zero-order valence-corrected chi connectivity index (χ0v) is 11.3. The third-order valence-electron chi connectivity index (χ3n) is 2.13. The Kier molecular flexibility index (Phi) is 4.48. The van der Waals surface area contributed by atoms with Gasteiger partial charge < -0.3 is 4.74 Å². The summed E-state index contributed by atoms with van der Waals surface area (Å²) in [6.45, 7) is 1.71. The van der Waals surface area contributed by atoms with Gasteiger partial charge in [-0.1, -0.05) is 0 Å². The van der Waals surface area contributed by atoms with Gasteiger partial charge in [0.15, 0.2) is 9.84 Å². The van der Waals surface area contributed by atoms with Crippen LogP contribution in [-0.4, -0.2) is 32.5 Å². The van der Waals surface area contributed by atoms with Crippen molar-refractivity contribution < 1.29 is 22.7 Å². The number of halogens is 1. The van der Waals surface area contributed by atoms with Gasteiger partial charge in [-0.2, -0.15) is 0 Å². The number of esters is 1. The number of sulfone groups is 1. The van der Waals surface area contributed by atoms with Crippen molar-refractivity contribution >= 4 is 32.6 Å². The van der Waals surface area contributed by atoms with Crippen LogP contribution in [0.3, 0.4) is 0 Å². The van der Waals surface area contributed by atoms with Crippen molar-refractivity contribution in [1.82, 2.24) is 0 Å². The zero-order chi connectivity index (χ0) is 13.9. The normalized spacial score (nSPS) is 11.1. The summed E-state index contributed by atoms with van der Waals surface area (Å²) in [6.07, 6.45) is 0.999. The first-order chi connectivity index (χ1) is 8.27. The molecule has 7 heteroatoms. The highest BCUT2D eigenvalue weighted by atomic mass is 35.5. The van der Waals surface area contributed by atoms with Crippen LogP contribution in [0.5, 0.6) is 0 Å². The van der Waals surface area contributed by atoms with Crippen molar-refractivity contribution in [2.75, 3.05) is 12.9 Å². The highest BCUT2D eigenvalue weighted by molar-refractivity contribution is 7.90. The van der Waals surface area contributed by atoms with Gasteiger partial charge in [-0.15, -0.1) is 0 Å². The number of benzene rings is 1. The van der Waals surface area contributed by atoms with Crippen LogP contribution in [0.25, 0.3) is 0 Å². The number of rotatable bonds is 4. The SMILES string of the molecule is CCOC(=O)c1cc(S(C)(=O)=O)ccc1C(=O)Cl. The number of hydrogen-bond donors (Lipinski definition) is 0. The molecule has 0 aliphatic heterocycles. The van der Waals surface area contributed by atoms with E-state index < -0.39 is 21.0 Å². The van der Waals surface area contributed by atoms with E-state index in [1.165, 1.54) is 12.1 Å². The first kappa shape index (κ1) is 14.7. The van der Waals surface area contributed by atoms with Gasteiger partial charge in [0, 0.05) is 11.8 Å². The summed E-state index contributed by atoms with van der Waals surface area (Å²) >= 11 is 5.32. The minimum atomic E-state index is -3.48. The molecule has 0 saturated heterocycles. The molecule has 0 atom stereocenters. The lowest BCUT2D eigenvalue weighted by atomic mass is 10.1. The van der Waals surface area contributed by atoms with E-state index in [1.54, 1.807) is 6.92 Å². The summed E-state index contributed by atoms with van der Waals surface area (Å²) in [6, 6.07) is 3.49. The van der Waals surface area contributed by atoms with Crippen LogP contribution in [-0.2, 0) is 14.6 Å². The maximum Gasteiger partial charge on any atom is 0.338 e. The molecule has 0 bridgehead atoms. The number of carbonyl (C=O) groups excluding carboxylic acids is 2. The Morgan fingerprint density at radius 2 is 1.89 bits per heavy atom. The van der Waals surface area contributed by atoms with Crippen molar-refractivity contribution in [3.05, 3.63) is 29.3 Å². The Labute approximate surface area is 110 Å². The molecule has 0 aliphatic carbocycles. The molecule has 0 radical (unpaired) electrons. The van der Waals surface area contributed by atoms with E-state index in [9.17, 15) is 18.0 Å². The lowest BCUT2D eigenvalue weighted by molar-refractivity contribution is 0.0523. The Morgan fingerprint density at radius 1 is 1.28 bits per heavy atom. The van der Waals surface area contributed by atoms with Gasteiger partial charge in [0.25, 0.3) is 5.24 Å². The van der Waals surface area contributed by atoms with Crippen LogP contribution in [0.2, 0.25) is 0 Å². The van der Waals surface area contributed by atoms with Crippen LogP contribution < -0.4 is 0 Å². The molecule has 0 N–H and O–H groups in total. The average molecular weight is 291 g/mol. The predicted octanol–water partition coefficient (Wildman–Crippen LogP) is 1.65. The molecule has 5 nitrogen and oxygen atoms in total.